The zero-order valence-electron chi connectivity index (χ0n) is 11.3. The molecule has 1 heterocycles. The van der Waals surface area contributed by atoms with E-state index in [4.69, 9.17) is 0 Å². The van der Waals surface area contributed by atoms with E-state index in [1.54, 1.807) is 6.07 Å². The molecule has 0 atom stereocenters. The maximum absolute atomic E-state index is 9.83. The number of rotatable bonds is 4. The fourth-order valence-electron chi connectivity index (χ4n) is 2.39. The van der Waals surface area contributed by atoms with Crippen LogP contribution in [0.25, 0.3) is 0 Å². The minimum atomic E-state index is 0.187. The maximum Gasteiger partial charge on any atom is 0.130 e. The maximum atomic E-state index is 9.83. The van der Waals surface area contributed by atoms with Gasteiger partial charge in [-0.2, -0.15) is 0 Å². The Morgan fingerprint density at radius 1 is 1.11 bits per heavy atom. The number of likely N-dealkylation sites (N-methyl/N-ethyl adjacent to an activating group) is 1. The number of hydrogen-bond acceptors (Lipinski definition) is 4. The van der Waals surface area contributed by atoms with Crippen molar-refractivity contribution in [3.8, 4) is 11.5 Å². The summed E-state index contributed by atoms with van der Waals surface area (Å²) in [6.45, 7) is 5.52. The van der Waals surface area contributed by atoms with Crippen LogP contribution in [0.3, 0.4) is 0 Å². The lowest BCUT2D eigenvalue weighted by Crippen LogP contribution is -2.44. The van der Waals surface area contributed by atoms with Crippen molar-refractivity contribution in [2.24, 2.45) is 0 Å². The minimum absolute atomic E-state index is 0.187. The lowest BCUT2D eigenvalue weighted by molar-refractivity contribution is 0.153. The van der Waals surface area contributed by atoms with Crippen LogP contribution in [0, 0.1) is 0 Å². The highest BCUT2D eigenvalue weighted by Crippen LogP contribution is 2.34. The summed E-state index contributed by atoms with van der Waals surface area (Å²) in [6, 6.07) is 3.05. The van der Waals surface area contributed by atoms with Crippen LogP contribution in [-0.2, 0) is 6.42 Å². The molecule has 1 aliphatic heterocycles. The lowest BCUT2D eigenvalue weighted by Gasteiger charge is -2.32. The van der Waals surface area contributed by atoms with E-state index in [1.165, 1.54) is 6.07 Å². The summed E-state index contributed by atoms with van der Waals surface area (Å²) in [5.74, 6) is 0.440. The van der Waals surface area contributed by atoms with Gasteiger partial charge in [-0.15, -0.1) is 0 Å². The van der Waals surface area contributed by atoms with Gasteiger partial charge in [0.25, 0.3) is 0 Å². The first kappa shape index (κ1) is 14.6. The van der Waals surface area contributed by atoms with E-state index in [2.05, 4.69) is 32.8 Å². The molecule has 0 aliphatic carbocycles. The van der Waals surface area contributed by atoms with Crippen molar-refractivity contribution in [2.45, 2.75) is 12.8 Å². The summed E-state index contributed by atoms with van der Waals surface area (Å²) in [6.07, 6.45) is 1.76. The van der Waals surface area contributed by atoms with Crippen LogP contribution in [0.15, 0.2) is 16.6 Å². The smallest absolute Gasteiger partial charge is 0.130 e. The average molecular weight is 329 g/mol. The second kappa shape index (κ2) is 6.59. The van der Waals surface area contributed by atoms with Crippen LogP contribution >= 0.6 is 15.9 Å². The van der Waals surface area contributed by atoms with E-state index in [0.29, 0.717) is 4.47 Å². The summed E-state index contributed by atoms with van der Waals surface area (Å²) >= 11 is 3.33. The van der Waals surface area contributed by atoms with Crippen molar-refractivity contribution in [1.29, 1.82) is 0 Å². The van der Waals surface area contributed by atoms with Gasteiger partial charge >= 0.3 is 0 Å². The van der Waals surface area contributed by atoms with Crippen LogP contribution < -0.4 is 0 Å². The van der Waals surface area contributed by atoms with Crippen molar-refractivity contribution in [2.75, 3.05) is 39.8 Å². The molecule has 106 valence electrons. The van der Waals surface area contributed by atoms with Crippen molar-refractivity contribution in [3.05, 3.63) is 22.2 Å². The van der Waals surface area contributed by atoms with Gasteiger partial charge in [0.2, 0.25) is 0 Å². The van der Waals surface area contributed by atoms with E-state index in [0.717, 1.165) is 51.1 Å². The SMILES string of the molecule is CN1CCN(CCCc2c(O)ccc(O)c2Br)CC1. The van der Waals surface area contributed by atoms with Crippen LogP contribution in [0.1, 0.15) is 12.0 Å². The van der Waals surface area contributed by atoms with E-state index in [9.17, 15) is 10.2 Å². The van der Waals surface area contributed by atoms with Gasteiger partial charge < -0.3 is 20.0 Å². The summed E-state index contributed by atoms with van der Waals surface area (Å²) in [5.41, 5.74) is 0.800. The van der Waals surface area contributed by atoms with E-state index in [-0.39, 0.29) is 11.5 Å². The monoisotopic (exact) mass is 328 g/mol. The highest BCUT2D eigenvalue weighted by atomic mass is 79.9. The molecule has 1 aliphatic rings. The predicted octanol–water partition coefficient (Wildman–Crippen LogP) is 2.04. The fraction of sp³-hybridized carbons (Fsp3) is 0.571. The number of phenolic OH excluding ortho intramolecular Hbond substituents is 2. The number of nitrogens with zero attached hydrogens (tertiary/aromatic N) is 2. The topological polar surface area (TPSA) is 46.9 Å². The first-order valence-electron chi connectivity index (χ1n) is 6.68. The molecule has 1 saturated heterocycles. The Kier molecular flexibility index (Phi) is 5.07. The Morgan fingerprint density at radius 2 is 1.74 bits per heavy atom. The first-order chi connectivity index (χ1) is 9.08. The van der Waals surface area contributed by atoms with E-state index >= 15 is 0 Å². The third kappa shape index (κ3) is 3.84. The third-order valence-corrected chi connectivity index (χ3v) is 4.58. The van der Waals surface area contributed by atoms with Crippen molar-refractivity contribution in [3.63, 3.8) is 0 Å². The normalized spacial score (nSPS) is 17.8. The number of halogens is 1. The summed E-state index contributed by atoms with van der Waals surface area (Å²) in [7, 11) is 2.15. The molecule has 4 nitrogen and oxygen atoms in total. The van der Waals surface area contributed by atoms with Gasteiger partial charge in [-0.25, -0.2) is 0 Å². The largest absolute Gasteiger partial charge is 0.508 e. The molecular weight excluding hydrogens is 308 g/mol. The molecule has 0 aromatic heterocycles. The Hall–Kier alpha value is -0.780. The van der Waals surface area contributed by atoms with Crippen LogP contribution in [0.5, 0.6) is 11.5 Å². The number of aromatic hydroxyl groups is 2. The second-order valence-corrected chi connectivity index (χ2v) is 5.94. The molecule has 0 bridgehead atoms. The zero-order chi connectivity index (χ0) is 13.8. The molecule has 0 radical (unpaired) electrons. The molecule has 1 aromatic carbocycles. The highest BCUT2D eigenvalue weighted by molar-refractivity contribution is 9.10. The lowest BCUT2D eigenvalue weighted by atomic mass is 10.1. The number of benzene rings is 1. The molecule has 0 spiro atoms. The van der Waals surface area contributed by atoms with Gasteiger partial charge in [-0.1, -0.05) is 0 Å². The number of hydrogen-bond donors (Lipinski definition) is 2. The Balaban J connectivity index is 1.84. The second-order valence-electron chi connectivity index (χ2n) is 5.14. The third-order valence-electron chi connectivity index (χ3n) is 3.70. The summed E-state index contributed by atoms with van der Waals surface area (Å²) in [4.78, 5) is 4.79. The molecule has 0 unspecified atom stereocenters. The molecule has 0 saturated carbocycles. The van der Waals surface area contributed by atoms with Crippen molar-refractivity contribution in [1.82, 2.24) is 9.80 Å². The van der Waals surface area contributed by atoms with Gasteiger partial charge in [0.05, 0.1) is 4.47 Å². The Bertz CT molecular complexity index is 432. The minimum Gasteiger partial charge on any atom is -0.508 e. The molecule has 1 aromatic rings. The van der Waals surface area contributed by atoms with Crippen LogP contribution in [-0.4, -0.2) is 59.8 Å². The summed E-state index contributed by atoms with van der Waals surface area (Å²) < 4.78 is 0.617. The quantitative estimate of drug-likeness (QED) is 0.830. The molecular formula is C14H21BrN2O2. The Labute approximate surface area is 122 Å². The molecule has 2 N–H and O–H groups in total. The number of piperazine rings is 1. The predicted molar refractivity (Wildman–Crippen MR) is 79.7 cm³/mol. The van der Waals surface area contributed by atoms with Crippen LogP contribution in [0.4, 0.5) is 0 Å². The van der Waals surface area contributed by atoms with E-state index in [1.807, 2.05) is 0 Å². The standard InChI is InChI=1S/C14H21BrN2O2/c1-16-7-9-17(10-8-16)6-2-3-11-12(18)4-5-13(19)14(11)15/h4-5,18-19H,2-3,6-10H2,1H3. The Morgan fingerprint density at radius 3 is 2.42 bits per heavy atom. The fourth-order valence-corrected chi connectivity index (χ4v) is 2.92. The first-order valence-corrected chi connectivity index (χ1v) is 7.47. The molecule has 19 heavy (non-hydrogen) atoms. The van der Waals surface area contributed by atoms with Crippen LogP contribution in [0.2, 0.25) is 0 Å². The van der Waals surface area contributed by atoms with Gasteiger partial charge in [-0.3, -0.25) is 0 Å². The highest BCUT2D eigenvalue weighted by Gasteiger charge is 2.14. The van der Waals surface area contributed by atoms with Crippen molar-refractivity contribution >= 4 is 15.9 Å². The van der Waals surface area contributed by atoms with Gasteiger partial charge in [0.15, 0.2) is 0 Å². The van der Waals surface area contributed by atoms with Gasteiger partial charge in [-0.05, 0) is 54.5 Å². The average Bonchev–Trinajstić information content (AvgIpc) is 2.40. The number of phenols is 2. The van der Waals surface area contributed by atoms with Gasteiger partial charge in [0.1, 0.15) is 11.5 Å². The molecule has 0 amide bonds. The zero-order valence-corrected chi connectivity index (χ0v) is 12.9. The van der Waals surface area contributed by atoms with Crippen molar-refractivity contribution < 1.29 is 10.2 Å². The van der Waals surface area contributed by atoms with Gasteiger partial charge in [0, 0.05) is 31.7 Å². The van der Waals surface area contributed by atoms with E-state index < -0.39 is 0 Å². The molecule has 5 heteroatoms. The summed E-state index contributed by atoms with van der Waals surface area (Å²) in [5, 5.41) is 19.5. The molecule has 1 fully saturated rings. The molecule has 2 rings (SSSR count).